The number of anilines is 1. The second kappa shape index (κ2) is 8.16. The van der Waals surface area contributed by atoms with E-state index in [1.54, 1.807) is 18.3 Å². The fourth-order valence-electron chi connectivity index (χ4n) is 3.74. The Balaban J connectivity index is 1.80. The van der Waals surface area contributed by atoms with Crippen LogP contribution in [-0.4, -0.2) is 19.5 Å². The maximum Gasteiger partial charge on any atom is 0.165 e. The number of rotatable bonds is 4. The summed E-state index contributed by atoms with van der Waals surface area (Å²) in [5.74, 6) is 0.596. The Morgan fingerprint density at radius 3 is 2.50 bits per heavy atom. The minimum atomic E-state index is -0.307. The Labute approximate surface area is 192 Å². The Hall–Kier alpha value is -3.58. The molecule has 5 rings (SSSR count). The molecule has 1 atom stereocenters. The molecule has 2 N–H and O–H groups in total. The van der Waals surface area contributed by atoms with Gasteiger partial charge in [0.15, 0.2) is 11.5 Å². The minimum absolute atomic E-state index is 0.104. The largest absolute Gasteiger partial charge is 0.383 e. The Kier molecular flexibility index (Phi) is 5.19. The van der Waals surface area contributed by atoms with Crippen molar-refractivity contribution < 1.29 is 4.39 Å². The lowest BCUT2D eigenvalue weighted by molar-refractivity contribution is 0.610. The number of fused-ring (bicyclic) bond motifs is 1. The molecule has 0 radical (unpaired) electrons. The number of nitrogens with zero attached hydrogens (tertiary/aromatic N) is 4. The molecule has 2 aromatic carbocycles. The van der Waals surface area contributed by atoms with Crippen LogP contribution in [0, 0.1) is 5.82 Å². The first kappa shape index (κ1) is 20.3. The van der Waals surface area contributed by atoms with E-state index in [-0.39, 0.29) is 10.6 Å². The van der Waals surface area contributed by atoms with Crippen LogP contribution < -0.4 is 5.73 Å². The molecule has 0 aliphatic rings. The fourth-order valence-corrected chi connectivity index (χ4v) is 4.11. The van der Waals surface area contributed by atoms with E-state index in [9.17, 15) is 4.39 Å². The summed E-state index contributed by atoms with van der Waals surface area (Å²) in [5.41, 5.74) is 11.1. The van der Waals surface area contributed by atoms with Crippen molar-refractivity contribution in [2.24, 2.45) is 0 Å². The number of nitrogen functional groups attached to an aromatic ring is 1. The number of halogens is 2. The number of alkyl halides is 1. The second-order valence-corrected chi connectivity index (χ2v) is 8.81. The molecule has 0 spiro atoms. The topological polar surface area (TPSA) is 69.6 Å². The van der Waals surface area contributed by atoms with Gasteiger partial charge in [-0.3, -0.25) is 4.57 Å². The van der Waals surface area contributed by atoms with E-state index < -0.39 is 0 Å². The fraction of sp³-hybridized carbons (Fsp3) is 0.0800. The number of imidazole rings is 1. The first-order chi connectivity index (χ1) is 15.5. The number of benzene rings is 2. The normalized spacial score (nSPS) is 12.2. The van der Waals surface area contributed by atoms with Crippen LogP contribution in [0.4, 0.5) is 10.2 Å². The highest BCUT2D eigenvalue weighted by Gasteiger charge is 2.20. The molecular formula is C25H19BrFN5. The molecule has 0 amide bonds. The zero-order valence-corrected chi connectivity index (χ0v) is 18.8. The van der Waals surface area contributed by atoms with E-state index in [0.717, 1.165) is 11.3 Å². The smallest absolute Gasteiger partial charge is 0.165 e. The minimum Gasteiger partial charge on any atom is -0.383 e. The highest BCUT2D eigenvalue weighted by Crippen LogP contribution is 2.33. The second-order valence-electron chi connectivity index (χ2n) is 7.43. The molecule has 0 bridgehead atoms. The van der Waals surface area contributed by atoms with Crippen LogP contribution >= 0.6 is 15.9 Å². The van der Waals surface area contributed by atoms with Gasteiger partial charge in [-0.1, -0.05) is 52.3 Å². The van der Waals surface area contributed by atoms with Gasteiger partial charge in [0.2, 0.25) is 0 Å². The van der Waals surface area contributed by atoms with Gasteiger partial charge in [0.25, 0.3) is 0 Å². The van der Waals surface area contributed by atoms with Crippen LogP contribution in [0.2, 0.25) is 0 Å². The maximum absolute atomic E-state index is 14.9. The number of aromatic nitrogens is 4. The summed E-state index contributed by atoms with van der Waals surface area (Å²) in [7, 11) is 0. The molecule has 7 heteroatoms. The van der Waals surface area contributed by atoms with Crippen molar-refractivity contribution in [3.8, 4) is 28.3 Å². The molecule has 158 valence electrons. The quantitative estimate of drug-likeness (QED) is 0.301. The third kappa shape index (κ3) is 3.54. The van der Waals surface area contributed by atoms with E-state index in [4.69, 9.17) is 15.7 Å². The molecule has 3 heterocycles. The Morgan fingerprint density at radius 1 is 0.969 bits per heavy atom. The van der Waals surface area contributed by atoms with E-state index in [1.165, 1.54) is 6.07 Å². The summed E-state index contributed by atoms with van der Waals surface area (Å²) in [5, 5.41) is 0. The van der Waals surface area contributed by atoms with Crippen LogP contribution in [0.1, 0.15) is 17.3 Å². The van der Waals surface area contributed by atoms with Crippen LogP contribution in [0.25, 0.3) is 39.5 Å². The van der Waals surface area contributed by atoms with Crippen LogP contribution in [0.5, 0.6) is 0 Å². The van der Waals surface area contributed by atoms with Gasteiger partial charge in [-0.05, 0) is 43.3 Å². The van der Waals surface area contributed by atoms with Crippen LogP contribution in [-0.2, 0) is 0 Å². The van der Waals surface area contributed by atoms with E-state index >= 15 is 0 Å². The summed E-state index contributed by atoms with van der Waals surface area (Å²) < 4.78 is 16.8. The molecule has 5 nitrogen and oxygen atoms in total. The van der Waals surface area contributed by atoms with Crippen molar-refractivity contribution in [1.29, 1.82) is 0 Å². The first-order valence-corrected chi connectivity index (χ1v) is 11.0. The SMILES string of the molecule is CC(Br)c1ccc(-n2c(-c3cccnc3N)nc3ccc(-c4ccccc4)nc32)cc1F. The lowest BCUT2D eigenvalue weighted by Gasteiger charge is -2.13. The van der Waals surface area contributed by atoms with Gasteiger partial charge >= 0.3 is 0 Å². The molecule has 0 fully saturated rings. The summed E-state index contributed by atoms with van der Waals surface area (Å²) >= 11 is 3.45. The van der Waals surface area contributed by atoms with E-state index in [2.05, 4.69) is 20.9 Å². The van der Waals surface area contributed by atoms with Crippen molar-refractivity contribution in [2.75, 3.05) is 5.73 Å². The van der Waals surface area contributed by atoms with Crippen molar-refractivity contribution >= 4 is 32.9 Å². The van der Waals surface area contributed by atoms with Gasteiger partial charge in [0.1, 0.15) is 17.2 Å². The average Bonchev–Trinajstić information content (AvgIpc) is 3.18. The van der Waals surface area contributed by atoms with Gasteiger partial charge in [0.05, 0.1) is 16.9 Å². The summed E-state index contributed by atoms with van der Waals surface area (Å²) in [6, 6.07) is 22.5. The molecule has 0 aliphatic carbocycles. The standard InChI is InChI=1S/C25H19BrFN5/c1-15(26)18-10-9-17(14-20(18)27)32-24(19-8-5-13-29-23(19)28)31-22-12-11-21(30-25(22)32)16-6-3-2-4-7-16/h2-15H,1H3,(H2,28,29). The predicted molar refractivity (Wildman–Crippen MR) is 129 cm³/mol. The molecule has 1 unspecified atom stereocenters. The summed E-state index contributed by atoms with van der Waals surface area (Å²) in [6.07, 6.45) is 1.63. The van der Waals surface area contributed by atoms with Crippen molar-refractivity contribution in [2.45, 2.75) is 11.8 Å². The lowest BCUT2D eigenvalue weighted by atomic mass is 10.1. The van der Waals surface area contributed by atoms with Gasteiger partial charge in [-0.15, -0.1) is 0 Å². The summed E-state index contributed by atoms with van der Waals surface area (Å²) in [4.78, 5) is 13.8. The van der Waals surface area contributed by atoms with Gasteiger partial charge in [-0.25, -0.2) is 19.3 Å². The monoisotopic (exact) mass is 487 g/mol. The van der Waals surface area contributed by atoms with Crippen LogP contribution in [0.15, 0.2) is 79.0 Å². The van der Waals surface area contributed by atoms with Gasteiger partial charge in [0, 0.05) is 22.2 Å². The number of pyridine rings is 2. The molecule has 5 aromatic rings. The lowest BCUT2D eigenvalue weighted by Crippen LogP contribution is -2.03. The van der Waals surface area contributed by atoms with Crippen molar-refractivity contribution in [1.82, 2.24) is 19.5 Å². The van der Waals surface area contributed by atoms with Gasteiger partial charge in [-0.2, -0.15) is 0 Å². The Bertz CT molecular complexity index is 1430. The molecule has 3 aromatic heterocycles. The highest BCUT2D eigenvalue weighted by atomic mass is 79.9. The van der Waals surface area contributed by atoms with Gasteiger partial charge < -0.3 is 5.73 Å². The molecule has 0 saturated carbocycles. The predicted octanol–water partition coefficient (Wildman–Crippen LogP) is 6.33. The number of hydrogen-bond donors (Lipinski definition) is 1. The number of hydrogen-bond acceptors (Lipinski definition) is 4. The molecule has 32 heavy (non-hydrogen) atoms. The van der Waals surface area contributed by atoms with Crippen LogP contribution in [0.3, 0.4) is 0 Å². The average molecular weight is 488 g/mol. The summed E-state index contributed by atoms with van der Waals surface area (Å²) in [6.45, 7) is 1.89. The third-order valence-corrected chi connectivity index (χ3v) is 5.82. The zero-order chi connectivity index (χ0) is 22.2. The highest BCUT2D eigenvalue weighted by molar-refractivity contribution is 9.09. The Morgan fingerprint density at radius 2 is 1.78 bits per heavy atom. The molecule has 0 saturated heterocycles. The van der Waals surface area contributed by atoms with Crippen molar-refractivity contribution in [3.05, 3.63) is 90.4 Å². The number of nitrogens with two attached hydrogens (primary N) is 1. The van der Waals surface area contributed by atoms with E-state index in [0.29, 0.717) is 39.6 Å². The van der Waals surface area contributed by atoms with Crippen molar-refractivity contribution in [3.63, 3.8) is 0 Å². The third-order valence-electron chi connectivity index (χ3n) is 5.32. The first-order valence-electron chi connectivity index (χ1n) is 10.1. The zero-order valence-electron chi connectivity index (χ0n) is 17.2. The van der Waals surface area contributed by atoms with E-state index in [1.807, 2.05) is 66.1 Å². The molecule has 0 aliphatic heterocycles. The molecular weight excluding hydrogens is 469 g/mol. The maximum atomic E-state index is 14.9.